The first-order valence-electron chi connectivity index (χ1n) is 10.5. The van der Waals surface area contributed by atoms with Crippen molar-refractivity contribution in [3.05, 3.63) is 47.6 Å². The van der Waals surface area contributed by atoms with Gasteiger partial charge in [-0.1, -0.05) is 23.7 Å². The molecule has 0 unspecified atom stereocenters. The molecule has 0 aliphatic carbocycles. The predicted molar refractivity (Wildman–Crippen MR) is 122 cm³/mol. The van der Waals surface area contributed by atoms with Crippen LogP contribution in [0.2, 0.25) is 5.02 Å². The van der Waals surface area contributed by atoms with Gasteiger partial charge in [-0.25, -0.2) is 19.9 Å². The van der Waals surface area contributed by atoms with Gasteiger partial charge in [-0.15, -0.1) is 0 Å². The van der Waals surface area contributed by atoms with Crippen LogP contribution >= 0.6 is 11.6 Å². The number of H-pyrrole nitrogens is 1. The third-order valence-electron chi connectivity index (χ3n) is 5.60. The standard InChI is InChI=1S/C22H22ClN7O2/c1-13(28-21-19-20(25-11-24-19)26-12-27-21)16-9-14-5-4-6-15(23)18(14)22(29-16)32-10-17(31)30-7-2-3-8-30/h4-6,9,11-13H,2-3,7-8,10H2,1H3,(H2,24,25,26,27,28)/t13-/m0/s1. The van der Waals surface area contributed by atoms with Crippen LogP contribution in [0, 0.1) is 0 Å². The molecule has 3 aromatic heterocycles. The summed E-state index contributed by atoms with van der Waals surface area (Å²) >= 11 is 6.46. The van der Waals surface area contributed by atoms with Gasteiger partial charge < -0.3 is 19.9 Å². The zero-order valence-corrected chi connectivity index (χ0v) is 18.3. The molecule has 2 N–H and O–H groups in total. The van der Waals surface area contributed by atoms with Gasteiger partial charge in [-0.3, -0.25) is 4.79 Å². The van der Waals surface area contributed by atoms with Gasteiger partial charge in [0.2, 0.25) is 5.88 Å². The molecule has 1 aliphatic heterocycles. The predicted octanol–water partition coefficient (Wildman–Crippen LogP) is 3.73. The van der Waals surface area contributed by atoms with E-state index in [0.717, 1.165) is 37.0 Å². The molecule has 1 fully saturated rings. The normalized spacial score (nSPS) is 14.8. The average Bonchev–Trinajstić information content (AvgIpc) is 3.50. The minimum atomic E-state index is -0.218. The van der Waals surface area contributed by atoms with Crippen molar-refractivity contribution >= 4 is 45.3 Å². The Hall–Kier alpha value is -3.46. The lowest BCUT2D eigenvalue weighted by Crippen LogP contribution is -2.32. The summed E-state index contributed by atoms with van der Waals surface area (Å²) in [6.45, 7) is 3.45. The Kier molecular flexibility index (Phi) is 5.48. The molecule has 0 saturated carbocycles. The Morgan fingerprint density at radius 2 is 2.12 bits per heavy atom. The number of hydrogen-bond acceptors (Lipinski definition) is 7. The summed E-state index contributed by atoms with van der Waals surface area (Å²) in [7, 11) is 0. The molecular weight excluding hydrogens is 430 g/mol. The molecular formula is C22H22ClN7O2. The largest absolute Gasteiger partial charge is 0.467 e. The van der Waals surface area contributed by atoms with E-state index in [0.29, 0.717) is 33.3 Å². The Morgan fingerprint density at radius 1 is 1.28 bits per heavy atom. The van der Waals surface area contributed by atoms with E-state index in [1.165, 1.54) is 6.33 Å². The molecule has 164 valence electrons. The van der Waals surface area contributed by atoms with Gasteiger partial charge in [0.15, 0.2) is 18.1 Å². The SMILES string of the molecule is C[C@H](Nc1ncnc2[nH]cnc12)c1cc2cccc(Cl)c2c(OCC(=O)N2CCCC2)n1. The zero-order chi connectivity index (χ0) is 22.1. The van der Waals surface area contributed by atoms with Gasteiger partial charge in [0.1, 0.15) is 11.8 Å². The van der Waals surface area contributed by atoms with Gasteiger partial charge >= 0.3 is 0 Å². The maximum atomic E-state index is 12.5. The van der Waals surface area contributed by atoms with Crippen LogP contribution in [0.4, 0.5) is 5.82 Å². The molecule has 9 nitrogen and oxygen atoms in total. The number of amides is 1. The number of imidazole rings is 1. The van der Waals surface area contributed by atoms with Gasteiger partial charge in [-0.05, 0) is 37.3 Å². The number of benzene rings is 1. The van der Waals surface area contributed by atoms with Crippen molar-refractivity contribution in [3.63, 3.8) is 0 Å². The Balaban J connectivity index is 1.45. The maximum absolute atomic E-state index is 12.5. The van der Waals surface area contributed by atoms with Gasteiger partial charge in [0.25, 0.3) is 5.91 Å². The molecule has 4 aromatic rings. The van der Waals surface area contributed by atoms with E-state index in [1.54, 1.807) is 12.4 Å². The highest BCUT2D eigenvalue weighted by Crippen LogP contribution is 2.33. The van der Waals surface area contributed by atoms with Crippen LogP contribution in [-0.2, 0) is 4.79 Å². The fourth-order valence-electron chi connectivity index (χ4n) is 3.91. The second-order valence-electron chi connectivity index (χ2n) is 7.75. The molecule has 1 aliphatic rings. The smallest absolute Gasteiger partial charge is 0.260 e. The van der Waals surface area contributed by atoms with E-state index in [1.807, 2.05) is 30.0 Å². The third-order valence-corrected chi connectivity index (χ3v) is 5.91. The molecule has 1 aromatic carbocycles. The summed E-state index contributed by atoms with van der Waals surface area (Å²) in [5, 5.41) is 5.44. The minimum absolute atomic E-state index is 0.0389. The van der Waals surface area contributed by atoms with E-state index in [9.17, 15) is 4.79 Å². The van der Waals surface area contributed by atoms with Crippen molar-refractivity contribution < 1.29 is 9.53 Å². The summed E-state index contributed by atoms with van der Waals surface area (Å²) in [6.07, 6.45) is 5.11. The van der Waals surface area contributed by atoms with Crippen LogP contribution in [0.1, 0.15) is 31.5 Å². The summed E-state index contributed by atoms with van der Waals surface area (Å²) in [5.74, 6) is 0.906. The van der Waals surface area contributed by atoms with Crippen LogP contribution in [0.3, 0.4) is 0 Å². The number of likely N-dealkylation sites (tertiary alicyclic amines) is 1. The number of anilines is 1. The first-order valence-corrected chi connectivity index (χ1v) is 10.9. The summed E-state index contributed by atoms with van der Waals surface area (Å²) in [5.41, 5.74) is 2.03. The van der Waals surface area contributed by atoms with Crippen molar-refractivity contribution in [2.75, 3.05) is 25.0 Å². The van der Waals surface area contributed by atoms with E-state index in [-0.39, 0.29) is 18.6 Å². The summed E-state index contributed by atoms with van der Waals surface area (Å²) in [4.78, 5) is 34.8. The molecule has 0 radical (unpaired) electrons. The fourth-order valence-corrected chi connectivity index (χ4v) is 4.18. The maximum Gasteiger partial charge on any atom is 0.260 e. The second kappa shape index (κ2) is 8.58. The Bertz CT molecular complexity index is 1290. The van der Waals surface area contributed by atoms with Crippen LogP contribution in [-0.4, -0.2) is 55.4 Å². The highest BCUT2D eigenvalue weighted by molar-refractivity contribution is 6.36. The number of nitrogens with zero attached hydrogens (tertiary/aromatic N) is 5. The third kappa shape index (κ3) is 3.91. The molecule has 0 spiro atoms. The van der Waals surface area contributed by atoms with E-state index in [2.05, 4.69) is 25.3 Å². The number of fused-ring (bicyclic) bond motifs is 2. The molecule has 4 heterocycles. The van der Waals surface area contributed by atoms with Gasteiger partial charge in [0.05, 0.1) is 28.5 Å². The molecule has 32 heavy (non-hydrogen) atoms. The number of nitrogens with one attached hydrogen (secondary N) is 2. The lowest BCUT2D eigenvalue weighted by atomic mass is 10.1. The summed E-state index contributed by atoms with van der Waals surface area (Å²) in [6, 6.07) is 7.35. The number of carbonyl (C=O) groups is 1. The van der Waals surface area contributed by atoms with Crippen LogP contribution in [0.25, 0.3) is 21.9 Å². The topological polar surface area (TPSA) is 109 Å². The lowest BCUT2D eigenvalue weighted by molar-refractivity contribution is -0.132. The highest BCUT2D eigenvalue weighted by atomic mass is 35.5. The Labute approximate surface area is 189 Å². The van der Waals surface area contributed by atoms with Gasteiger partial charge in [0, 0.05) is 13.1 Å². The quantitative estimate of drug-likeness (QED) is 0.459. The summed E-state index contributed by atoms with van der Waals surface area (Å²) < 4.78 is 5.92. The van der Waals surface area contributed by atoms with Crippen molar-refractivity contribution in [2.24, 2.45) is 0 Å². The number of pyridine rings is 1. The number of aromatic amines is 1. The number of carbonyl (C=O) groups excluding carboxylic acids is 1. The number of halogens is 1. The van der Waals surface area contributed by atoms with Crippen molar-refractivity contribution in [3.8, 4) is 5.88 Å². The van der Waals surface area contributed by atoms with Crippen LogP contribution < -0.4 is 10.1 Å². The highest BCUT2D eigenvalue weighted by Gasteiger charge is 2.21. The zero-order valence-electron chi connectivity index (χ0n) is 17.5. The van der Waals surface area contributed by atoms with Crippen molar-refractivity contribution in [1.82, 2.24) is 29.8 Å². The molecule has 10 heteroatoms. The first kappa shape index (κ1) is 20.4. The van der Waals surface area contributed by atoms with Crippen molar-refractivity contribution in [1.29, 1.82) is 0 Å². The van der Waals surface area contributed by atoms with E-state index in [4.69, 9.17) is 21.3 Å². The number of ether oxygens (including phenoxy) is 1. The molecule has 1 atom stereocenters. The monoisotopic (exact) mass is 451 g/mol. The Morgan fingerprint density at radius 3 is 2.97 bits per heavy atom. The van der Waals surface area contributed by atoms with Crippen LogP contribution in [0.15, 0.2) is 36.9 Å². The average molecular weight is 452 g/mol. The van der Waals surface area contributed by atoms with Crippen LogP contribution in [0.5, 0.6) is 5.88 Å². The number of aromatic nitrogens is 5. The molecule has 1 saturated heterocycles. The number of rotatable bonds is 6. The first-order chi connectivity index (χ1) is 15.6. The van der Waals surface area contributed by atoms with E-state index < -0.39 is 0 Å². The molecule has 0 bridgehead atoms. The molecule has 5 rings (SSSR count). The molecule has 1 amide bonds. The fraction of sp³-hybridized carbons (Fsp3) is 0.318. The minimum Gasteiger partial charge on any atom is -0.467 e. The van der Waals surface area contributed by atoms with Gasteiger partial charge in [-0.2, -0.15) is 0 Å². The lowest BCUT2D eigenvalue weighted by Gasteiger charge is -2.19. The van der Waals surface area contributed by atoms with E-state index >= 15 is 0 Å². The number of hydrogen-bond donors (Lipinski definition) is 2. The van der Waals surface area contributed by atoms with Crippen molar-refractivity contribution in [2.45, 2.75) is 25.8 Å². The second-order valence-corrected chi connectivity index (χ2v) is 8.16.